The molecule has 1 N–H and O–H groups in total. The maximum atomic E-state index is 11.5. The molecule has 15 heavy (non-hydrogen) atoms. The fraction of sp³-hybridized carbons (Fsp3) is 0.917. The molecule has 0 spiro atoms. The van der Waals surface area contributed by atoms with E-state index >= 15 is 0 Å². The number of hydrogen-bond donors (Lipinski definition) is 1. The second-order valence-corrected chi connectivity index (χ2v) is 8.24. The molecule has 4 fully saturated rings. The van der Waals surface area contributed by atoms with Crippen LogP contribution in [0.2, 0.25) is 0 Å². The second-order valence-electron chi connectivity index (χ2n) is 6.56. The predicted octanol–water partition coefficient (Wildman–Crippen LogP) is 3.20. The van der Waals surface area contributed by atoms with Crippen LogP contribution in [0.4, 0.5) is 0 Å². The highest BCUT2D eigenvalue weighted by Crippen LogP contribution is 2.68. The average Bonchev–Trinajstić information content (AvgIpc) is 1.95. The first-order valence-corrected chi connectivity index (χ1v) is 6.57. The van der Waals surface area contributed by atoms with Crippen LogP contribution in [0.15, 0.2) is 0 Å². The molecule has 0 saturated heterocycles. The molecule has 0 aromatic carbocycles. The van der Waals surface area contributed by atoms with Crippen molar-refractivity contribution in [2.24, 2.45) is 16.7 Å². The topological polar surface area (TPSA) is 37.3 Å². The number of carbonyl (C=O) groups is 1. The Hall–Kier alpha value is -0.0500. The van der Waals surface area contributed by atoms with Crippen LogP contribution >= 0.6 is 15.9 Å². The van der Waals surface area contributed by atoms with E-state index in [0.717, 1.165) is 19.3 Å². The Bertz CT molecular complexity index is 321. The number of halogens is 1. The number of aliphatic carboxylic acids is 1. The molecule has 0 aromatic heterocycles. The van der Waals surface area contributed by atoms with E-state index in [0.29, 0.717) is 5.92 Å². The predicted molar refractivity (Wildman–Crippen MR) is 61.0 cm³/mol. The van der Waals surface area contributed by atoms with E-state index in [1.54, 1.807) is 0 Å². The maximum absolute atomic E-state index is 11.5. The van der Waals surface area contributed by atoms with Gasteiger partial charge >= 0.3 is 5.97 Å². The first kappa shape index (κ1) is 10.1. The zero-order valence-electron chi connectivity index (χ0n) is 9.05. The van der Waals surface area contributed by atoms with Crippen LogP contribution in [0.3, 0.4) is 0 Å². The van der Waals surface area contributed by atoms with Gasteiger partial charge in [-0.25, -0.2) is 0 Å². The normalized spacial score (nSPS) is 57.1. The maximum Gasteiger partial charge on any atom is 0.309 e. The third-order valence-electron chi connectivity index (χ3n) is 4.73. The first-order valence-electron chi connectivity index (χ1n) is 5.77. The molecule has 0 heterocycles. The zero-order chi connectivity index (χ0) is 10.9. The van der Waals surface area contributed by atoms with E-state index in [2.05, 4.69) is 22.9 Å². The van der Waals surface area contributed by atoms with E-state index in [4.69, 9.17) is 0 Å². The van der Waals surface area contributed by atoms with Crippen LogP contribution in [0.1, 0.15) is 45.4 Å². The number of hydrogen-bond acceptors (Lipinski definition) is 1. The van der Waals surface area contributed by atoms with Gasteiger partial charge in [-0.1, -0.05) is 22.9 Å². The molecule has 84 valence electrons. The molecule has 4 aliphatic carbocycles. The summed E-state index contributed by atoms with van der Waals surface area (Å²) in [5.74, 6) is 0.0865. The lowest BCUT2D eigenvalue weighted by Crippen LogP contribution is -2.59. The molecule has 0 unspecified atom stereocenters. The molecule has 2 nitrogen and oxygen atoms in total. The SMILES string of the molecule is C[C@@]12C[C@@H]3C[C@@](Br)(C1)C[C@@](C(=O)O)(C3)C2. The van der Waals surface area contributed by atoms with Crippen molar-refractivity contribution in [1.29, 1.82) is 0 Å². The highest BCUT2D eigenvalue weighted by Gasteiger charge is 2.63. The minimum Gasteiger partial charge on any atom is -0.481 e. The highest BCUT2D eigenvalue weighted by atomic mass is 79.9. The summed E-state index contributed by atoms with van der Waals surface area (Å²) in [6, 6.07) is 0. The minimum atomic E-state index is -0.554. The summed E-state index contributed by atoms with van der Waals surface area (Å²) < 4.78 is 0.138. The van der Waals surface area contributed by atoms with E-state index in [9.17, 15) is 9.90 Å². The molecule has 4 aliphatic rings. The molecule has 0 aromatic rings. The largest absolute Gasteiger partial charge is 0.481 e. The first-order chi connectivity index (χ1) is 6.85. The summed E-state index contributed by atoms with van der Waals surface area (Å²) >= 11 is 3.83. The number of carboxylic acids is 1. The monoisotopic (exact) mass is 272 g/mol. The van der Waals surface area contributed by atoms with Crippen molar-refractivity contribution in [3.05, 3.63) is 0 Å². The Balaban J connectivity index is 2.05. The molecule has 4 atom stereocenters. The van der Waals surface area contributed by atoms with Crippen molar-refractivity contribution >= 4 is 21.9 Å². The van der Waals surface area contributed by atoms with Crippen LogP contribution in [-0.4, -0.2) is 15.4 Å². The van der Waals surface area contributed by atoms with Gasteiger partial charge in [0.05, 0.1) is 5.41 Å². The van der Waals surface area contributed by atoms with Gasteiger partial charge in [0.2, 0.25) is 0 Å². The molecule has 3 heteroatoms. The zero-order valence-corrected chi connectivity index (χ0v) is 10.6. The molecular formula is C12H17BrO2. The lowest BCUT2D eigenvalue weighted by Gasteiger charge is -2.62. The summed E-state index contributed by atoms with van der Waals surface area (Å²) in [4.78, 5) is 11.5. The second kappa shape index (κ2) is 2.61. The van der Waals surface area contributed by atoms with Crippen molar-refractivity contribution in [2.75, 3.05) is 0 Å². The Morgan fingerprint density at radius 2 is 2.00 bits per heavy atom. The van der Waals surface area contributed by atoms with E-state index in [-0.39, 0.29) is 9.74 Å². The summed E-state index contributed by atoms with van der Waals surface area (Å²) in [7, 11) is 0. The fourth-order valence-electron chi connectivity index (χ4n) is 5.03. The van der Waals surface area contributed by atoms with Crippen LogP contribution < -0.4 is 0 Å². The summed E-state index contributed by atoms with van der Waals surface area (Å²) in [5.41, 5.74) is -0.126. The van der Waals surface area contributed by atoms with Gasteiger partial charge in [0.1, 0.15) is 0 Å². The number of alkyl halides is 1. The van der Waals surface area contributed by atoms with Gasteiger partial charge < -0.3 is 5.11 Å². The molecule has 0 radical (unpaired) electrons. The van der Waals surface area contributed by atoms with Crippen molar-refractivity contribution in [3.8, 4) is 0 Å². The lowest BCUT2D eigenvalue weighted by molar-refractivity contribution is -0.169. The quantitative estimate of drug-likeness (QED) is 0.745. The Labute approximate surface area is 98.6 Å². The Morgan fingerprint density at radius 1 is 1.27 bits per heavy atom. The van der Waals surface area contributed by atoms with Gasteiger partial charge in [0.15, 0.2) is 0 Å². The molecule has 0 aliphatic heterocycles. The molecule has 4 bridgehead atoms. The highest BCUT2D eigenvalue weighted by molar-refractivity contribution is 9.10. The lowest BCUT2D eigenvalue weighted by atomic mass is 9.44. The van der Waals surface area contributed by atoms with Gasteiger partial charge in [-0.05, 0) is 49.9 Å². The van der Waals surface area contributed by atoms with E-state index in [1.807, 2.05) is 0 Å². The molecule has 0 amide bonds. The van der Waals surface area contributed by atoms with Crippen molar-refractivity contribution in [2.45, 2.75) is 49.8 Å². The van der Waals surface area contributed by atoms with E-state index in [1.165, 1.54) is 19.3 Å². The van der Waals surface area contributed by atoms with Crippen molar-refractivity contribution in [3.63, 3.8) is 0 Å². The fourth-order valence-corrected chi connectivity index (χ4v) is 6.70. The number of rotatable bonds is 1. The molecular weight excluding hydrogens is 256 g/mol. The standard InChI is InChI=1S/C12H17BrO2/c1-10-2-8-3-11(5-10,9(14)15)7-12(13,4-8)6-10/h8H,2-7H2,1H3,(H,14,15)/t8-,10-,11+,12+/m0/s1. The Kier molecular flexibility index (Phi) is 1.76. The number of carboxylic acid groups (broad SMARTS) is 1. The van der Waals surface area contributed by atoms with Gasteiger partial charge in [0, 0.05) is 4.32 Å². The smallest absolute Gasteiger partial charge is 0.309 e. The summed E-state index contributed by atoms with van der Waals surface area (Å²) in [5, 5.41) is 9.49. The van der Waals surface area contributed by atoms with Crippen molar-refractivity contribution in [1.82, 2.24) is 0 Å². The van der Waals surface area contributed by atoms with Gasteiger partial charge in [-0.2, -0.15) is 0 Å². The van der Waals surface area contributed by atoms with Gasteiger partial charge in [-0.15, -0.1) is 0 Å². The third-order valence-corrected chi connectivity index (χ3v) is 5.62. The van der Waals surface area contributed by atoms with Gasteiger partial charge in [0.25, 0.3) is 0 Å². The molecule has 4 rings (SSSR count). The van der Waals surface area contributed by atoms with Crippen LogP contribution in [0.25, 0.3) is 0 Å². The van der Waals surface area contributed by atoms with Crippen LogP contribution in [-0.2, 0) is 4.79 Å². The molecule has 4 saturated carbocycles. The average molecular weight is 273 g/mol. The third kappa shape index (κ3) is 1.31. The van der Waals surface area contributed by atoms with E-state index < -0.39 is 11.4 Å². The summed E-state index contributed by atoms with van der Waals surface area (Å²) in [6.07, 6.45) is 6.28. The summed E-state index contributed by atoms with van der Waals surface area (Å²) in [6.45, 7) is 2.28. The van der Waals surface area contributed by atoms with Crippen LogP contribution in [0, 0.1) is 16.7 Å². The van der Waals surface area contributed by atoms with Crippen LogP contribution in [0.5, 0.6) is 0 Å². The minimum absolute atomic E-state index is 0.138. The van der Waals surface area contributed by atoms with Crippen molar-refractivity contribution < 1.29 is 9.90 Å². The Morgan fingerprint density at radius 3 is 2.53 bits per heavy atom. The van der Waals surface area contributed by atoms with Gasteiger partial charge in [-0.3, -0.25) is 4.79 Å².